The van der Waals surface area contributed by atoms with Crippen LogP contribution < -0.4 is 16.4 Å². The largest absolute Gasteiger partial charge is 0.370 e. The molecule has 0 saturated carbocycles. The van der Waals surface area contributed by atoms with E-state index in [0.29, 0.717) is 12.6 Å². The number of anilines is 1. The fourth-order valence-electron chi connectivity index (χ4n) is 2.44. The van der Waals surface area contributed by atoms with Crippen LogP contribution in [0, 0.1) is 0 Å². The lowest BCUT2D eigenvalue weighted by atomic mass is 10.1. The fourth-order valence-corrected chi connectivity index (χ4v) is 2.44. The Morgan fingerprint density at radius 2 is 2.18 bits per heavy atom. The van der Waals surface area contributed by atoms with E-state index in [9.17, 15) is 0 Å². The lowest BCUT2D eigenvalue weighted by Crippen LogP contribution is -2.36. The summed E-state index contributed by atoms with van der Waals surface area (Å²) in [5.41, 5.74) is 13.5. The highest BCUT2D eigenvalue weighted by Crippen LogP contribution is 2.31. The van der Waals surface area contributed by atoms with Crippen LogP contribution in [0.25, 0.3) is 0 Å². The van der Waals surface area contributed by atoms with Gasteiger partial charge >= 0.3 is 0 Å². The van der Waals surface area contributed by atoms with Crippen molar-refractivity contribution in [1.29, 1.82) is 0 Å². The van der Waals surface area contributed by atoms with Crippen molar-refractivity contribution in [2.24, 2.45) is 16.5 Å². The summed E-state index contributed by atoms with van der Waals surface area (Å²) in [6, 6.07) is 8.94. The standard InChI is InChI=1S/C13H20N4/c1-2-7-17-11(9-16-13(14)15)8-10-5-3-4-6-12(10)17/h3-6,11H,2,7-9H2,1H3,(H4,14,15,16). The molecule has 92 valence electrons. The van der Waals surface area contributed by atoms with Crippen LogP contribution in [0.15, 0.2) is 29.3 Å². The predicted octanol–water partition coefficient (Wildman–Crippen LogP) is 1.10. The predicted molar refractivity (Wildman–Crippen MR) is 72.2 cm³/mol. The lowest BCUT2D eigenvalue weighted by Gasteiger charge is -2.26. The molecule has 4 nitrogen and oxygen atoms in total. The van der Waals surface area contributed by atoms with Gasteiger partial charge in [-0.2, -0.15) is 0 Å². The van der Waals surface area contributed by atoms with Crippen LogP contribution in [0.5, 0.6) is 0 Å². The molecule has 1 aromatic rings. The second kappa shape index (κ2) is 5.08. The van der Waals surface area contributed by atoms with Crippen molar-refractivity contribution in [3.8, 4) is 0 Å². The number of benzene rings is 1. The second-order valence-corrected chi connectivity index (χ2v) is 4.45. The highest BCUT2D eigenvalue weighted by atomic mass is 15.2. The zero-order valence-electron chi connectivity index (χ0n) is 10.3. The molecule has 0 fully saturated rings. The van der Waals surface area contributed by atoms with Gasteiger partial charge < -0.3 is 16.4 Å². The third-order valence-electron chi connectivity index (χ3n) is 3.15. The number of nitrogens with two attached hydrogens (primary N) is 2. The monoisotopic (exact) mass is 232 g/mol. The average Bonchev–Trinajstić information content (AvgIpc) is 2.66. The fraction of sp³-hybridized carbons (Fsp3) is 0.462. The molecule has 0 amide bonds. The highest BCUT2D eigenvalue weighted by Gasteiger charge is 2.27. The second-order valence-electron chi connectivity index (χ2n) is 4.45. The molecule has 1 heterocycles. The number of guanidine groups is 1. The van der Waals surface area contributed by atoms with Crippen LogP contribution in [-0.2, 0) is 6.42 Å². The smallest absolute Gasteiger partial charge is 0.185 e. The number of hydrogen-bond donors (Lipinski definition) is 2. The summed E-state index contributed by atoms with van der Waals surface area (Å²) in [4.78, 5) is 6.57. The SMILES string of the molecule is CCCN1c2ccccc2CC1CN=C(N)N. The van der Waals surface area contributed by atoms with Gasteiger partial charge in [0.2, 0.25) is 0 Å². The summed E-state index contributed by atoms with van der Waals surface area (Å²) in [6.45, 7) is 3.93. The van der Waals surface area contributed by atoms with E-state index in [1.54, 1.807) is 0 Å². The van der Waals surface area contributed by atoms with E-state index < -0.39 is 0 Å². The van der Waals surface area contributed by atoms with Crippen molar-refractivity contribution < 1.29 is 0 Å². The Balaban J connectivity index is 2.17. The van der Waals surface area contributed by atoms with Gasteiger partial charge in [-0.3, -0.25) is 4.99 Å². The molecule has 0 saturated heterocycles. The Hall–Kier alpha value is -1.71. The maximum absolute atomic E-state index is 5.40. The molecule has 17 heavy (non-hydrogen) atoms. The normalized spacial score (nSPS) is 17.9. The van der Waals surface area contributed by atoms with Gasteiger partial charge in [-0.1, -0.05) is 25.1 Å². The van der Waals surface area contributed by atoms with Crippen LogP contribution in [0.4, 0.5) is 5.69 Å². The van der Waals surface area contributed by atoms with Crippen LogP contribution >= 0.6 is 0 Å². The van der Waals surface area contributed by atoms with Gasteiger partial charge in [0.1, 0.15) is 0 Å². The van der Waals surface area contributed by atoms with Gasteiger partial charge in [0.05, 0.1) is 12.6 Å². The molecule has 0 bridgehead atoms. The molecular formula is C13H20N4. The van der Waals surface area contributed by atoms with E-state index in [2.05, 4.69) is 41.1 Å². The van der Waals surface area contributed by atoms with E-state index in [1.165, 1.54) is 11.3 Å². The van der Waals surface area contributed by atoms with Gasteiger partial charge in [-0.25, -0.2) is 0 Å². The first-order valence-electron chi connectivity index (χ1n) is 6.12. The molecular weight excluding hydrogens is 212 g/mol. The number of hydrogen-bond acceptors (Lipinski definition) is 2. The van der Waals surface area contributed by atoms with Crippen LogP contribution in [0.2, 0.25) is 0 Å². The molecule has 2 rings (SSSR count). The Morgan fingerprint density at radius 3 is 2.88 bits per heavy atom. The minimum Gasteiger partial charge on any atom is -0.370 e. The molecule has 0 aromatic heterocycles. The van der Waals surface area contributed by atoms with Crippen molar-refractivity contribution in [3.63, 3.8) is 0 Å². The number of para-hydroxylation sites is 1. The Morgan fingerprint density at radius 1 is 1.41 bits per heavy atom. The van der Waals surface area contributed by atoms with Crippen molar-refractivity contribution in [3.05, 3.63) is 29.8 Å². The van der Waals surface area contributed by atoms with Crippen molar-refractivity contribution in [2.45, 2.75) is 25.8 Å². The molecule has 0 radical (unpaired) electrons. The van der Waals surface area contributed by atoms with Gasteiger partial charge in [-0.05, 0) is 24.5 Å². The Labute approximate surface area is 102 Å². The summed E-state index contributed by atoms with van der Waals surface area (Å²) in [6.07, 6.45) is 2.17. The molecule has 0 spiro atoms. The van der Waals surface area contributed by atoms with E-state index in [-0.39, 0.29) is 5.96 Å². The molecule has 4 heteroatoms. The van der Waals surface area contributed by atoms with E-state index >= 15 is 0 Å². The summed E-state index contributed by atoms with van der Waals surface area (Å²) in [5.74, 6) is 0.178. The first kappa shape index (κ1) is 11.8. The van der Waals surface area contributed by atoms with Crippen molar-refractivity contribution >= 4 is 11.6 Å². The van der Waals surface area contributed by atoms with Crippen LogP contribution in [0.3, 0.4) is 0 Å². The Kier molecular flexibility index (Phi) is 3.52. The minimum absolute atomic E-state index is 0.178. The Bertz CT molecular complexity index is 410. The van der Waals surface area contributed by atoms with Crippen molar-refractivity contribution in [1.82, 2.24) is 0 Å². The number of fused-ring (bicyclic) bond motifs is 1. The zero-order valence-corrected chi connectivity index (χ0v) is 10.3. The maximum atomic E-state index is 5.40. The molecule has 1 aliphatic rings. The van der Waals surface area contributed by atoms with Crippen molar-refractivity contribution in [2.75, 3.05) is 18.0 Å². The molecule has 4 N–H and O–H groups in total. The average molecular weight is 232 g/mol. The minimum atomic E-state index is 0.178. The summed E-state index contributed by atoms with van der Waals surface area (Å²) < 4.78 is 0. The molecule has 1 aromatic carbocycles. The number of nitrogens with zero attached hydrogens (tertiary/aromatic N) is 2. The van der Waals surface area contributed by atoms with Gasteiger partial charge in [-0.15, -0.1) is 0 Å². The summed E-state index contributed by atoms with van der Waals surface area (Å²) in [5, 5.41) is 0. The zero-order chi connectivity index (χ0) is 12.3. The lowest BCUT2D eigenvalue weighted by molar-refractivity contribution is 0.624. The van der Waals surface area contributed by atoms with E-state index in [1.807, 2.05) is 0 Å². The molecule has 1 aliphatic heterocycles. The molecule has 1 unspecified atom stereocenters. The van der Waals surface area contributed by atoms with Gasteiger partial charge in [0.25, 0.3) is 0 Å². The first-order valence-corrected chi connectivity index (χ1v) is 6.12. The van der Waals surface area contributed by atoms with Crippen LogP contribution in [0.1, 0.15) is 18.9 Å². The molecule has 1 atom stereocenters. The molecule has 0 aliphatic carbocycles. The topological polar surface area (TPSA) is 67.6 Å². The first-order chi connectivity index (χ1) is 8.22. The van der Waals surface area contributed by atoms with Crippen LogP contribution in [-0.4, -0.2) is 25.1 Å². The summed E-state index contributed by atoms with van der Waals surface area (Å²) >= 11 is 0. The van der Waals surface area contributed by atoms with Gasteiger partial charge in [0, 0.05) is 12.2 Å². The van der Waals surface area contributed by atoms with E-state index in [4.69, 9.17) is 11.5 Å². The van der Waals surface area contributed by atoms with E-state index in [0.717, 1.165) is 19.4 Å². The number of rotatable bonds is 4. The maximum Gasteiger partial charge on any atom is 0.185 e. The summed E-state index contributed by atoms with van der Waals surface area (Å²) in [7, 11) is 0. The quantitative estimate of drug-likeness (QED) is 0.603. The van der Waals surface area contributed by atoms with Gasteiger partial charge in [0.15, 0.2) is 5.96 Å². The number of aliphatic imine (C=N–C) groups is 1. The third-order valence-corrected chi connectivity index (χ3v) is 3.15. The third kappa shape index (κ3) is 2.52. The highest BCUT2D eigenvalue weighted by molar-refractivity contribution is 5.75.